The summed E-state index contributed by atoms with van der Waals surface area (Å²) in [5.41, 5.74) is 1.44. The van der Waals surface area contributed by atoms with Gasteiger partial charge in [0.15, 0.2) is 11.5 Å². The number of nitriles is 1. The fraction of sp³-hybridized carbons (Fsp3) is 0.333. The van der Waals surface area contributed by atoms with E-state index in [0.717, 1.165) is 24.9 Å². The van der Waals surface area contributed by atoms with Crippen molar-refractivity contribution in [1.82, 2.24) is 15.3 Å². The number of amides is 1. The van der Waals surface area contributed by atoms with Crippen LogP contribution in [0.2, 0.25) is 0 Å². The van der Waals surface area contributed by atoms with E-state index in [4.69, 9.17) is 14.2 Å². The molecule has 0 bridgehead atoms. The van der Waals surface area contributed by atoms with Gasteiger partial charge in [0.25, 0.3) is 0 Å². The Balaban J connectivity index is 1.46. The van der Waals surface area contributed by atoms with E-state index in [1.807, 2.05) is 36.4 Å². The molecule has 1 saturated heterocycles. The summed E-state index contributed by atoms with van der Waals surface area (Å²) in [5.74, 6) is 2.23. The van der Waals surface area contributed by atoms with Crippen LogP contribution in [0.1, 0.15) is 24.4 Å². The lowest BCUT2D eigenvalue weighted by Crippen LogP contribution is -2.44. The molecule has 0 saturated carbocycles. The summed E-state index contributed by atoms with van der Waals surface area (Å²) < 4.78 is 16.2. The highest BCUT2D eigenvalue weighted by atomic mass is 16.5. The minimum absolute atomic E-state index is 0.134. The first-order valence-electron chi connectivity index (χ1n) is 12.0. The number of carbonyl (C=O) groups is 1. The number of nitrogens with one attached hydrogen (secondary N) is 2. The minimum Gasteiger partial charge on any atom is -0.493 e. The first kappa shape index (κ1) is 25.6. The lowest BCUT2D eigenvalue weighted by molar-refractivity contribution is -0.125. The van der Waals surface area contributed by atoms with E-state index in [-0.39, 0.29) is 11.8 Å². The van der Waals surface area contributed by atoms with Crippen LogP contribution in [0.4, 0.5) is 17.5 Å². The highest BCUT2D eigenvalue weighted by molar-refractivity contribution is 5.80. The maximum Gasteiger partial charge on any atom is 0.229 e. The van der Waals surface area contributed by atoms with Gasteiger partial charge in [-0.3, -0.25) is 4.79 Å². The number of benzene rings is 2. The van der Waals surface area contributed by atoms with Crippen molar-refractivity contribution in [3.05, 3.63) is 60.3 Å². The standard InChI is InChI=1S/C27H30N6O4/c1-35-22-14-20(15-23(36-2)25(22)37-3)30-27-29-12-11-24(32-27)33-13-7-10-19(17-33)26(34)31-21(16-28)18-8-5-4-6-9-18/h4-6,8-9,11-12,14-15,19,21H,7,10,13,17H2,1-3H3,(H,31,34)(H,29,30,32)/t19?,21-/m1/s1. The van der Waals surface area contributed by atoms with Gasteiger partial charge in [-0.1, -0.05) is 30.3 Å². The molecule has 1 aromatic heterocycles. The van der Waals surface area contributed by atoms with Crippen molar-refractivity contribution in [2.24, 2.45) is 5.92 Å². The topological polar surface area (TPSA) is 122 Å². The van der Waals surface area contributed by atoms with Gasteiger partial charge >= 0.3 is 0 Å². The quantitative estimate of drug-likeness (QED) is 0.449. The molecule has 0 aliphatic carbocycles. The van der Waals surface area contributed by atoms with Gasteiger partial charge in [-0.2, -0.15) is 10.2 Å². The summed E-state index contributed by atoms with van der Waals surface area (Å²) in [4.78, 5) is 24.1. The number of nitrogens with zero attached hydrogens (tertiary/aromatic N) is 4. The number of rotatable bonds is 9. The third kappa shape index (κ3) is 6.01. The molecule has 192 valence electrons. The van der Waals surface area contributed by atoms with Crippen LogP contribution in [0.5, 0.6) is 17.2 Å². The zero-order chi connectivity index (χ0) is 26.2. The molecule has 2 aromatic carbocycles. The second-order valence-corrected chi connectivity index (χ2v) is 8.54. The number of anilines is 3. The number of ether oxygens (including phenoxy) is 3. The molecule has 1 amide bonds. The molecule has 0 spiro atoms. The highest BCUT2D eigenvalue weighted by Gasteiger charge is 2.28. The maximum atomic E-state index is 13.0. The van der Waals surface area contributed by atoms with E-state index in [9.17, 15) is 10.1 Å². The van der Waals surface area contributed by atoms with E-state index in [1.165, 1.54) is 0 Å². The van der Waals surface area contributed by atoms with Crippen molar-refractivity contribution in [2.45, 2.75) is 18.9 Å². The van der Waals surface area contributed by atoms with Crippen LogP contribution < -0.4 is 29.7 Å². The van der Waals surface area contributed by atoms with Crippen molar-refractivity contribution >= 4 is 23.4 Å². The Hall–Kier alpha value is -4.52. The monoisotopic (exact) mass is 502 g/mol. The Labute approximate surface area is 216 Å². The summed E-state index contributed by atoms with van der Waals surface area (Å²) in [6.45, 7) is 1.27. The molecule has 3 aromatic rings. The van der Waals surface area contributed by atoms with Gasteiger partial charge in [0.1, 0.15) is 11.9 Å². The fourth-order valence-corrected chi connectivity index (χ4v) is 4.36. The summed E-state index contributed by atoms with van der Waals surface area (Å²) in [5, 5.41) is 15.7. The number of hydrogen-bond donors (Lipinski definition) is 2. The van der Waals surface area contributed by atoms with E-state index in [1.54, 1.807) is 39.7 Å². The number of aromatic nitrogens is 2. The largest absolute Gasteiger partial charge is 0.493 e. The van der Waals surface area contributed by atoms with Crippen molar-refractivity contribution in [3.8, 4) is 23.3 Å². The van der Waals surface area contributed by atoms with Crippen LogP contribution >= 0.6 is 0 Å². The van der Waals surface area contributed by atoms with Crippen molar-refractivity contribution in [1.29, 1.82) is 5.26 Å². The molecule has 1 aliphatic rings. The Kier molecular flexibility index (Phi) is 8.26. The van der Waals surface area contributed by atoms with Gasteiger partial charge in [0, 0.05) is 37.1 Å². The normalized spacial score (nSPS) is 15.7. The van der Waals surface area contributed by atoms with E-state index < -0.39 is 6.04 Å². The van der Waals surface area contributed by atoms with Crippen LogP contribution in [0, 0.1) is 17.2 Å². The molecule has 10 nitrogen and oxygen atoms in total. The van der Waals surface area contributed by atoms with Crippen LogP contribution in [-0.4, -0.2) is 50.3 Å². The van der Waals surface area contributed by atoms with Crippen molar-refractivity contribution in [2.75, 3.05) is 44.6 Å². The van der Waals surface area contributed by atoms with Crippen LogP contribution in [0.3, 0.4) is 0 Å². The van der Waals surface area contributed by atoms with E-state index in [0.29, 0.717) is 41.2 Å². The van der Waals surface area contributed by atoms with Gasteiger partial charge in [-0.05, 0) is 24.5 Å². The first-order chi connectivity index (χ1) is 18.1. The zero-order valence-electron chi connectivity index (χ0n) is 21.1. The summed E-state index contributed by atoms with van der Waals surface area (Å²) in [6.07, 6.45) is 3.25. The molecule has 1 fully saturated rings. The van der Waals surface area contributed by atoms with Gasteiger partial charge in [0.2, 0.25) is 17.6 Å². The molecule has 37 heavy (non-hydrogen) atoms. The smallest absolute Gasteiger partial charge is 0.229 e. The SMILES string of the molecule is COc1cc(Nc2nccc(N3CCCC(C(=O)N[C@H](C#N)c4ccccc4)C3)n2)cc(OC)c1OC. The van der Waals surface area contributed by atoms with Crippen LogP contribution in [0.15, 0.2) is 54.7 Å². The Morgan fingerprint density at radius 1 is 1.11 bits per heavy atom. The number of piperidine rings is 1. The second-order valence-electron chi connectivity index (χ2n) is 8.54. The summed E-state index contributed by atoms with van der Waals surface area (Å²) in [7, 11) is 4.66. The predicted molar refractivity (Wildman–Crippen MR) is 139 cm³/mol. The Morgan fingerprint density at radius 3 is 2.49 bits per heavy atom. The lowest BCUT2D eigenvalue weighted by atomic mass is 9.96. The van der Waals surface area contributed by atoms with Crippen LogP contribution in [-0.2, 0) is 4.79 Å². The fourth-order valence-electron chi connectivity index (χ4n) is 4.36. The van der Waals surface area contributed by atoms with Crippen molar-refractivity contribution < 1.29 is 19.0 Å². The van der Waals surface area contributed by atoms with Crippen molar-refractivity contribution in [3.63, 3.8) is 0 Å². The predicted octanol–water partition coefficient (Wildman–Crippen LogP) is 3.84. The second kappa shape index (κ2) is 11.9. The number of carbonyl (C=O) groups excluding carboxylic acids is 1. The molecule has 0 radical (unpaired) electrons. The molecule has 4 rings (SSSR count). The molecular weight excluding hydrogens is 472 g/mol. The molecule has 1 aliphatic heterocycles. The first-order valence-corrected chi connectivity index (χ1v) is 12.0. The van der Waals surface area contributed by atoms with Gasteiger partial charge in [-0.25, -0.2) is 4.98 Å². The molecule has 2 N–H and O–H groups in total. The van der Waals surface area contributed by atoms with E-state index in [2.05, 4.69) is 31.6 Å². The molecular formula is C27H30N6O4. The molecule has 1 unspecified atom stereocenters. The summed E-state index contributed by atoms with van der Waals surface area (Å²) in [6, 6.07) is 16.1. The number of hydrogen-bond acceptors (Lipinski definition) is 9. The Bertz CT molecular complexity index is 1240. The third-order valence-electron chi connectivity index (χ3n) is 6.23. The molecule has 2 atom stereocenters. The van der Waals surface area contributed by atoms with Gasteiger partial charge in [0.05, 0.1) is 33.3 Å². The van der Waals surface area contributed by atoms with E-state index >= 15 is 0 Å². The zero-order valence-corrected chi connectivity index (χ0v) is 21.1. The Morgan fingerprint density at radius 2 is 1.84 bits per heavy atom. The van der Waals surface area contributed by atoms with Gasteiger partial charge < -0.3 is 29.7 Å². The minimum atomic E-state index is -0.683. The maximum absolute atomic E-state index is 13.0. The highest BCUT2D eigenvalue weighted by Crippen LogP contribution is 2.40. The average molecular weight is 503 g/mol. The van der Waals surface area contributed by atoms with Crippen LogP contribution in [0.25, 0.3) is 0 Å². The average Bonchev–Trinajstić information content (AvgIpc) is 2.95. The molecule has 2 heterocycles. The van der Waals surface area contributed by atoms with Gasteiger partial charge in [-0.15, -0.1) is 0 Å². The molecule has 10 heteroatoms. The summed E-state index contributed by atoms with van der Waals surface area (Å²) >= 11 is 0. The lowest BCUT2D eigenvalue weighted by Gasteiger charge is -2.33. The number of methoxy groups -OCH3 is 3. The third-order valence-corrected chi connectivity index (χ3v) is 6.23.